The van der Waals surface area contributed by atoms with Crippen LogP contribution in [0.15, 0.2) is 18.6 Å². The molecular weight excluding hydrogens is 328 g/mol. The number of piperidine rings is 1. The molecule has 0 unspecified atom stereocenters. The van der Waals surface area contributed by atoms with Crippen LogP contribution in [0.5, 0.6) is 0 Å². The summed E-state index contributed by atoms with van der Waals surface area (Å²) in [6, 6.07) is 2.05. The van der Waals surface area contributed by atoms with Crippen LogP contribution in [0.1, 0.15) is 59.9 Å². The summed E-state index contributed by atoms with van der Waals surface area (Å²) < 4.78 is 1.94. The molecule has 7 heteroatoms. The average Bonchev–Trinajstić information content (AvgIpc) is 3.06. The van der Waals surface area contributed by atoms with Crippen molar-refractivity contribution < 1.29 is 4.79 Å². The minimum Gasteiger partial charge on any atom is -0.354 e. The molecule has 0 radical (unpaired) electrons. The van der Waals surface area contributed by atoms with E-state index < -0.39 is 0 Å². The average molecular weight is 354 g/mol. The Balaban J connectivity index is 1.56. The van der Waals surface area contributed by atoms with Gasteiger partial charge in [0, 0.05) is 37.6 Å². The van der Waals surface area contributed by atoms with Crippen LogP contribution in [0, 0.1) is 0 Å². The van der Waals surface area contributed by atoms with Gasteiger partial charge in [-0.2, -0.15) is 5.10 Å². The Bertz CT molecular complexity index is 786. The standard InChI is InChI=1S/C19H26N6O/c1-20-19(26)17-9-11-25(23-17)14-6-5-10-24(12-14)18-15-7-3-2-4-8-16(15)21-13-22-18/h9,11,13-14H,2-8,10,12H2,1H3,(H,20,26)/t14-/m0/s1. The number of hydrogen-bond donors (Lipinski definition) is 1. The van der Waals surface area contributed by atoms with E-state index in [0.717, 1.165) is 44.6 Å². The molecule has 1 fully saturated rings. The van der Waals surface area contributed by atoms with Gasteiger partial charge in [0.2, 0.25) is 0 Å². The molecule has 0 saturated carbocycles. The molecule has 1 saturated heterocycles. The molecule has 1 amide bonds. The number of amides is 1. The van der Waals surface area contributed by atoms with Gasteiger partial charge in [-0.05, 0) is 44.6 Å². The fourth-order valence-electron chi connectivity index (χ4n) is 4.11. The van der Waals surface area contributed by atoms with Crippen molar-refractivity contribution in [3.05, 3.63) is 35.5 Å². The maximum Gasteiger partial charge on any atom is 0.271 e. The molecule has 0 spiro atoms. The van der Waals surface area contributed by atoms with Crippen LogP contribution in [0.4, 0.5) is 5.82 Å². The van der Waals surface area contributed by atoms with Crippen molar-refractivity contribution in [2.75, 3.05) is 25.0 Å². The van der Waals surface area contributed by atoms with Crippen LogP contribution in [0.2, 0.25) is 0 Å². The van der Waals surface area contributed by atoms with Gasteiger partial charge in [0.05, 0.1) is 6.04 Å². The fraction of sp³-hybridized carbons (Fsp3) is 0.579. The van der Waals surface area contributed by atoms with Crippen LogP contribution in [0.3, 0.4) is 0 Å². The zero-order valence-corrected chi connectivity index (χ0v) is 15.3. The number of rotatable bonds is 3. The number of carbonyl (C=O) groups is 1. The Morgan fingerprint density at radius 3 is 2.96 bits per heavy atom. The van der Waals surface area contributed by atoms with Gasteiger partial charge in [0.15, 0.2) is 0 Å². The number of hydrogen-bond acceptors (Lipinski definition) is 5. The number of nitrogens with zero attached hydrogens (tertiary/aromatic N) is 5. The lowest BCUT2D eigenvalue weighted by atomic mass is 10.0. The summed E-state index contributed by atoms with van der Waals surface area (Å²) in [6.45, 7) is 1.89. The summed E-state index contributed by atoms with van der Waals surface area (Å²) in [6.07, 6.45) is 11.7. The summed E-state index contributed by atoms with van der Waals surface area (Å²) in [5.41, 5.74) is 3.05. The largest absolute Gasteiger partial charge is 0.354 e. The molecule has 1 aliphatic heterocycles. The van der Waals surface area contributed by atoms with Crippen LogP contribution in [-0.2, 0) is 12.8 Å². The first-order valence-corrected chi connectivity index (χ1v) is 9.61. The van der Waals surface area contributed by atoms with Crippen LogP contribution >= 0.6 is 0 Å². The lowest BCUT2D eigenvalue weighted by molar-refractivity contribution is 0.0957. The predicted octanol–water partition coefficient (Wildman–Crippen LogP) is 2.14. The summed E-state index contributed by atoms with van der Waals surface area (Å²) in [5, 5.41) is 7.11. The Morgan fingerprint density at radius 1 is 1.19 bits per heavy atom. The van der Waals surface area contributed by atoms with Crippen molar-refractivity contribution in [2.45, 2.75) is 51.0 Å². The first-order chi connectivity index (χ1) is 12.8. The van der Waals surface area contributed by atoms with Crippen molar-refractivity contribution >= 4 is 11.7 Å². The quantitative estimate of drug-likeness (QED) is 0.855. The maximum atomic E-state index is 11.8. The molecule has 1 aliphatic carbocycles. The lowest BCUT2D eigenvalue weighted by Gasteiger charge is -2.35. The topological polar surface area (TPSA) is 75.9 Å². The molecule has 1 N–H and O–H groups in total. The molecule has 7 nitrogen and oxygen atoms in total. The van der Waals surface area contributed by atoms with Crippen LogP contribution < -0.4 is 10.2 Å². The number of anilines is 1. The molecule has 3 heterocycles. The van der Waals surface area contributed by atoms with Gasteiger partial charge < -0.3 is 10.2 Å². The normalized spacial score (nSPS) is 20.3. The van der Waals surface area contributed by atoms with Gasteiger partial charge in [-0.3, -0.25) is 9.48 Å². The molecule has 1 atom stereocenters. The van der Waals surface area contributed by atoms with E-state index in [1.807, 2.05) is 10.9 Å². The smallest absolute Gasteiger partial charge is 0.271 e. The Labute approximate surface area is 153 Å². The van der Waals surface area contributed by atoms with Gasteiger partial charge in [-0.1, -0.05) is 6.42 Å². The van der Waals surface area contributed by atoms with E-state index in [9.17, 15) is 4.79 Å². The molecule has 4 rings (SSSR count). The third kappa shape index (κ3) is 3.30. The molecule has 0 aromatic carbocycles. The molecule has 2 aliphatic rings. The highest BCUT2D eigenvalue weighted by molar-refractivity contribution is 5.91. The second kappa shape index (κ2) is 7.43. The van der Waals surface area contributed by atoms with E-state index in [2.05, 4.69) is 25.3 Å². The Hall–Kier alpha value is -2.44. The second-order valence-electron chi connectivity index (χ2n) is 7.19. The summed E-state index contributed by atoms with van der Waals surface area (Å²) in [5.74, 6) is 0.970. The highest BCUT2D eigenvalue weighted by Crippen LogP contribution is 2.30. The number of carbonyl (C=O) groups excluding carboxylic acids is 1. The molecule has 2 aromatic rings. The number of aromatic nitrogens is 4. The van der Waals surface area contributed by atoms with Gasteiger partial charge in [-0.15, -0.1) is 0 Å². The van der Waals surface area contributed by atoms with Crippen molar-refractivity contribution in [3.8, 4) is 0 Å². The SMILES string of the molecule is CNC(=O)c1ccn([C@H]2CCCN(c3ncnc4c3CCCCC4)C2)n1. The number of fused-ring (bicyclic) bond motifs is 1. The van der Waals surface area contributed by atoms with Gasteiger partial charge in [0.1, 0.15) is 17.8 Å². The zero-order valence-electron chi connectivity index (χ0n) is 15.3. The van der Waals surface area contributed by atoms with Crippen molar-refractivity contribution in [2.24, 2.45) is 0 Å². The summed E-state index contributed by atoms with van der Waals surface area (Å²) in [7, 11) is 1.63. The third-order valence-corrected chi connectivity index (χ3v) is 5.49. The van der Waals surface area contributed by atoms with Crippen molar-refractivity contribution in [1.29, 1.82) is 0 Å². The van der Waals surface area contributed by atoms with Gasteiger partial charge >= 0.3 is 0 Å². The number of nitrogens with one attached hydrogen (secondary N) is 1. The summed E-state index contributed by atoms with van der Waals surface area (Å²) >= 11 is 0. The van der Waals surface area contributed by atoms with Crippen LogP contribution in [0.25, 0.3) is 0 Å². The number of aryl methyl sites for hydroxylation is 1. The molecule has 0 bridgehead atoms. The van der Waals surface area contributed by atoms with Crippen molar-refractivity contribution in [3.63, 3.8) is 0 Å². The zero-order chi connectivity index (χ0) is 17.9. The maximum absolute atomic E-state index is 11.8. The Morgan fingerprint density at radius 2 is 2.08 bits per heavy atom. The monoisotopic (exact) mass is 354 g/mol. The molecular formula is C19H26N6O. The molecule has 26 heavy (non-hydrogen) atoms. The van der Waals surface area contributed by atoms with E-state index in [1.165, 1.54) is 30.5 Å². The van der Waals surface area contributed by atoms with Crippen LogP contribution in [-0.4, -0.2) is 45.8 Å². The minimum atomic E-state index is -0.141. The van der Waals surface area contributed by atoms with E-state index in [4.69, 9.17) is 0 Å². The first kappa shape index (κ1) is 17.0. The van der Waals surface area contributed by atoms with E-state index in [1.54, 1.807) is 19.4 Å². The molecule has 2 aromatic heterocycles. The van der Waals surface area contributed by atoms with Crippen molar-refractivity contribution in [1.82, 2.24) is 25.1 Å². The molecule has 138 valence electrons. The fourth-order valence-corrected chi connectivity index (χ4v) is 4.11. The highest BCUT2D eigenvalue weighted by atomic mass is 16.1. The first-order valence-electron chi connectivity index (χ1n) is 9.61. The van der Waals surface area contributed by atoms with Gasteiger partial charge in [-0.25, -0.2) is 9.97 Å². The second-order valence-corrected chi connectivity index (χ2v) is 7.19. The Kier molecular flexibility index (Phi) is 4.86. The third-order valence-electron chi connectivity index (χ3n) is 5.49. The van der Waals surface area contributed by atoms with E-state index >= 15 is 0 Å². The lowest BCUT2D eigenvalue weighted by Crippen LogP contribution is -2.38. The summed E-state index contributed by atoms with van der Waals surface area (Å²) in [4.78, 5) is 23.4. The van der Waals surface area contributed by atoms with Gasteiger partial charge in [0.25, 0.3) is 5.91 Å². The highest BCUT2D eigenvalue weighted by Gasteiger charge is 2.26. The van der Waals surface area contributed by atoms with E-state index in [0.29, 0.717) is 5.69 Å². The minimum absolute atomic E-state index is 0.141. The van der Waals surface area contributed by atoms with E-state index in [-0.39, 0.29) is 11.9 Å². The predicted molar refractivity (Wildman–Crippen MR) is 99.4 cm³/mol.